The number of carbonyl (C=O) groups is 1. The van der Waals surface area contributed by atoms with Gasteiger partial charge in [-0.3, -0.25) is 9.78 Å². The molecule has 0 aliphatic carbocycles. The van der Waals surface area contributed by atoms with E-state index in [4.69, 9.17) is 5.26 Å². The van der Waals surface area contributed by atoms with E-state index in [0.717, 1.165) is 26.2 Å². The van der Waals surface area contributed by atoms with Crippen molar-refractivity contribution in [2.45, 2.75) is 0 Å². The number of aromatic nitrogens is 1. The first-order chi connectivity index (χ1) is 9.22. The molecule has 0 bridgehead atoms. The second-order valence-electron chi connectivity index (χ2n) is 4.49. The molecule has 1 aliphatic heterocycles. The van der Waals surface area contributed by atoms with E-state index in [0.29, 0.717) is 11.3 Å². The molecule has 0 aromatic carbocycles. The van der Waals surface area contributed by atoms with E-state index in [1.807, 2.05) is 4.90 Å². The minimum atomic E-state index is 0.0803. The highest BCUT2D eigenvalue weighted by atomic mass is 16.2. The first kappa shape index (κ1) is 13.3. The number of amides is 1. The molecule has 0 spiro atoms. The van der Waals surface area contributed by atoms with E-state index in [2.05, 4.69) is 16.4 Å². The van der Waals surface area contributed by atoms with Crippen LogP contribution in [0.4, 0.5) is 5.69 Å². The molecule has 0 unspecified atom stereocenters. The number of nitrogens with zero attached hydrogens (tertiary/aromatic N) is 4. The van der Waals surface area contributed by atoms with Crippen molar-refractivity contribution >= 4 is 11.6 Å². The van der Waals surface area contributed by atoms with Crippen molar-refractivity contribution in [2.24, 2.45) is 0 Å². The third-order valence-corrected chi connectivity index (χ3v) is 3.17. The maximum atomic E-state index is 12.1. The summed E-state index contributed by atoms with van der Waals surface area (Å²) in [6.45, 7) is 3.42. The zero-order valence-corrected chi connectivity index (χ0v) is 11.0. The molecule has 2 rings (SSSR count). The summed E-state index contributed by atoms with van der Waals surface area (Å²) in [4.78, 5) is 19.8. The minimum Gasteiger partial charge on any atom is -0.363 e. The van der Waals surface area contributed by atoms with Crippen molar-refractivity contribution in [3.05, 3.63) is 24.0 Å². The summed E-state index contributed by atoms with van der Waals surface area (Å²) in [5.74, 6) is 0.0803. The molecule has 0 radical (unpaired) electrons. The summed E-state index contributed by atoms with van der Waals surface area (Å²) in [5.41, 5.74) is 1.22. The predicted octanol–water partition coefficient (Wildman–Crippen LogP) is -0.179. The summed E-state index contributed by atoms with van der Waals surface area (Å²) in [6.07, 6.45) is 3.19. The minimum absolute atomic E-state index is 0.0803. The van der Waals surface area contributed by atoms with Crippen LogP contribution in [0.25, 0.3) is 0 Å². The predicted molar refractivity (Wildman–Crippen MR) is 71.7 cm³/mol. The third kappa shape index (κ3) is 3.20. The Morgan fingerprint density at radius 1 is 1.58 bits per heavy atom. The second-order valence-corrected chi connectivity index (χ2v) is 4.49. The van der Waals surface area contributed by atoms with Crippen LogP contribution in [0.15, 0.2) is 18.5 Å². The fourth-order valence-electron chi connectivity index (χ4n) is 2.09. The molecule has 1 fully saturated rings. The standard InChI is InChI=1S/C13H17N5O/c1-17(12-9-16-3-2-11(12)8-14)10-13(19)18-6-4-15-5-7-18/h2-3,9,15H,4-7,10H2,1H3. The van der Waals surface area contributed by atoms with Crippen molar-refractivity contribution in [1.29, 1.82) is 5.26 Å². The van der Waals surface area contributed by atoms with Crippen LogP contribution in [0.5, 0.6) is 0 Å². The molecule has 1 aromatic rings. The van der Waals surface area contributed by atoms with Crippen LogP contribution in [0.1, 0.15) is 5.56 Å². The SMILES string of the molecule is CN(CC(=O)N1CCNCC1)c1cnccc1C#N. The number of rotatable bonds is 3. The zero-order valence-electron chi connectivity index (χ0n) is 11.0. The normalized spacial score (nSPS) is 14.8. The number of nitrogens with one attached hydrogen (secondary N) is 1. The number of carbonyl (C=O) groups excluding carboxylic acids is 1. The van der Waals surface area contributed by atoms with Gasteiger partial charge in [0.25, 0.3) is 0 Å². The number of pyridine rings is 1. The topological polar surface area (TPSA) is 72.3 Å². The van der Waals surface area contributed by atoms with Gasteiger partial charge in [0.05, 0.1) is 24.0 Å². The van der Waals surface area contributed by atoms with Crippen LogP contribution in [0.3, 0.4) is 0 Å². The van der Waals surface area contributed by atoms with Gasteiger partial charge >= 0.3 is 0 Å². The summed E-state index contributed by atoms with van der Waals surface area (Å²) >= 11 is 0. The summed E-state index contributed by atoms with van der Waals surface area (Å²) in [7, 11) is 1.80. The molecule has 1 amide bonds. The van der Waals surface area contributed by atoms with E-state index >= 15 is 0 Å². The van der Waals surface area contributed by atoms with Gasteiger partial charge in [0.2, 0.25) is 5.91 Å². The maximum absolute atomic E-state index is 12.1. The molecule has 1 saturated heterocycles. The molecule has 6 heteroatoms. The van der Waals surface area contributed by atoms with E-state index in [1.54, 1.807) is 30.4 Å². The Morgan fingerprint density at radius 3 is 3.00 bits per heavy atom. The smallest absolute Gasteiger partial charge is 0.242 e. The fraction of sp³-hybridized carbons (Fsp3) is 0.462. The Bertz CT molecular complexity index is 490. The number of likely N-dealkylation sites (N-methyl/N-ethyl adjacent to an activating group) is 1. The first-order valence-electron chi connectivity index (χ1n) is 6.26. The number of hydrogen-bond donors (Lipinski definition) is 1. The lowest BCUT2D eigenvalue weighted by Gasteiger charge is -2.29. The van der Waals surface area contributed by atoms with Crippen LogP contribution in [0, 0.1) is 11.3 Å². The van der Waals surface area contributed by atoms with Gasteiger partial charge in [0.1, 0.15) is 6.07 Å². The number of anilines is 1. The van der Waals surface area contributed by atoms with E-state index in [1.165, 1.54) is 0 Å². The van der Waals surface area contributed by atoms with Gasteiger partial charge in [-0.25, -0.2) is 0 Å². The van der Waals surface area contributed by atoms with Gasteiger partial charge in [-0.1, -0.05) is 0 Å². The lowest BCUT2D eigenvalue weighted by molar-refractivity contribution is -0.130. The number of nitriles is 1. The molecular formula is C13H17N5O. The molecule has 1 aromatic heterocycles. The summed E-state index contributed by atoms with van der Waals surface area (Å²) < 4.78 is 0. The highest BCUT2D eigenvalue weighted by Gasteiger charge is 2.18. The van der Waals surface area contributed by atoms with E-state index in [-0.39, 0.29) is 12.5 Å². The van der Waals surface area contributed by atoms with Crippen molar-refractivity contribution in [3.8, 4) is 6.07 Å². The average molecular weight is 259 g/mol. The fourth-order valence-corrected chi connectivity index (χ4v) is 2.09. The van der Waals surface area contributed by atoms with Gasteiger partial charge in [0.15, 0.2) is 0 Å². The average Bonchev–Trinajstić information content (AvgIpc) is 2.48. The molecule has 19 heavy (non-hydrogen) atoms. The lowest BCUT2D eigenvalue weighted by atomic mass is 10.2. The molecule has 1 aliphatic rings. The Balaban J connectivity index is 2.02. The summed E-state index contributed by atoms with van der Waals surface area (Å²) in [5, 5.41) is 12.3. The van der Waals surface area contributed by atoms with Crippen molar-refractivity contribution in [3.63, 3.8) is 0 Å². The monoisotopic (exact) mass is 259 g/mol. The van der Waals surface area contributed by atoms with Crippen molar-refractivity contribution < 1.29 is 4.79 Å². The molecule has 1 N–H and O–H groups in total. The Kier molecular flexibility index (Phi) is 4.31. The molecule has 0 saturated carbocycles. The van der Waals surface area contributed by atoms with Crippen LogP contribution >= 0.6 is 0 Å². The van der Waals surface area contributed by atoms with Crippen LogP contribution in [-0.4, -0.2) is 55.6 Å². The van der Waals surface area contributed by atoms with Gasteiger partial charge in [-0.15, -0.1) is 0 Å². The maximum Gasteiger partial charge on any atom is 0.242 e. The van der Waals surface area contributed by atoms with Crippen LogP contribution in [0.2, 0.25) is 0 Å². The van der Waals surface area contributed by atoms with Crippen LogP contribution < -0.4 is 10.2 Å². The molecule has 6 nitrogen and oxygen atoms in total. The molecule has 0 atom stereocenters. The quantitative estimate of drug-likeness (QED) is 0.815. The zero-order chi connectivity index (χ0) is 13.7. The Labute approximate surface area is 112 Å². The van der Waals surface area contributed by atoms with Gasteiger partial charge in [-0.05, 0) is 6.07 Å². The highest BCUT2D eigenvalue weighted by Crippen LogP contribution is 2.16. The summed E-state index contributed by atoms with van der Waals surface area (Å²) in [6, 6.07) is 3.77. The Hall–Kier alpha value is -2.13. The van der Waals surface area contributed by atoms with E-state index in [9.17, 15) is 4.79 Å². The van der Waals surface area contributed by atoms with Crippen molar-refractivity contribution in [1.82, 2.24) is 15.2 Å². The molecule has 100 valence electrons. The molecule has 2 heterocycles. The van der Waals surface area contributed by atoms with Crippen LogP contribution in [-0.2, 0) is 4.79 Å². The number of hydrogen-bond acceptors (Lipinski definition) is 5. The van der Waals surface area contributed by atoms with E-state index < -0.39 is 0 Å². The highest BCUT2D eigenvalue weighted by molar-refractivity contribution is 5.82. The largest absolute Gasteiger partial charge is 0.363 e. The van der Waals surface area contributed by atoms with Gasteiger partial charge in [-0.2, -0.15) is 5.26 Å². The lowest BCUT2D eigenvalue weighted by Crippen LogP contribution is -2.49. The molecular weight excluding hydrogens is 242 g/mol. The van der Waals surface area contributed by atoms with Gasteiger partial charge < -0.3 is 15.1 Å². The third-order valence-electron chi connectivity index (χ3n) is 3.17. The number of piperazine rings is 1. The van der Waals surface area contributed by atoms with Crippen molar-refractivity contribution in [2.75, 3.05) is 44.7 Å². The second kappa shape index (κ2) is 6.16. The van der Waals surface area contributed by atoms with Gasteiger partial charge in [0, 0.05) is 39.4 Å². The Morgan fingerprint density at radius 2 is 2.32 bits per heavy atom. The first-order valence-corrected chi connectivity index (χ1v) is 6.26.